The molecule has 0 aromatic rings. The first-order valence-electron chi connectivity index (χ1n) is 5.09. The molecule has 0 saturated heterocycles. The van der Waals surface area contributed by atoms with E-state index in [-0.39, 0.29) is 17.7 Å². The molecule has 1 unspecified atom stereocenters. The lowest BCUT2D eigenvalue weighted by atomic mass is 9.58. The summed E-state index contributed by atoms with van der Waals surface area (Å²) in [5.74, 6) is 0.509. The van der Waals surface area contributed by atoms with Gasteiger partial charge < -0.3 is 15.6 Å². The second kappa shape index (κ2) is 2.94. The first kappa shape index (κ1) is 9.44. The molecule has 0 radical (unpaired) electrons. The minimum atomic E-state index is -0.369. The van der Waals surface area contributed by atoms with Crippen LogP contribution >= 0.6 is 0 Å². The first-order chi connectivity index (χ1) is 6.14. The number of ether oxygens (including phenoxy) is 1. The van der Waals surface area contributed by atoms with Crippen LogP contribution in [0.4, 0.5) is 0 Å². The SMILES string of the molecule is COC12CCC(CC1)C(N)(CO)C2. The van der Waals surface area contributed by atoms with Gasteiger partial charge in [-0.25, -0.2) is 0 Å². The Kier molecular flexibility index (Phi) is 2.13. The average Bonchev–Trinajstić information content (AvgIpc) is 2.19. The van der Waals surface area contributed by atoms with Crippen LogP contribution in [0.2, 0.25) is 0 Å². The molecule has 3 rings (SSSR count). The number of nitrogens with two attached hydrogens (primary N) is 1. The van der Waals surface area contributed by atoms with E-state index in [2.05, 4.69) is 0 Å². The zero-order chi connectivity index (χ0) is 9.53. The van der Waals surface area contributed by atoms with Crippen molar-refractivity contribution in [1.29, 1.82) is 0 Å². The number of fused-ring (bicyclic) bond motifs is 3. The van der Waals surface area contributed by atoms with E-state index in [0.29, 0.717) is 5.92 Å². The normalized spacial score (nSPS) is 49.6. The van der Waals surface area contributed by atoms with Crippen LogP contribution in [0.15, 0.2) is 0 Å². The number of aliphatic hydroxyl groups is 1. The monoisotopic (exact) mass is 185 g/mol. The van der Waals surface area contributed by atoms with E-state index in [1.54, 1.807) is 7.11 Å². The quantitative estimate of drug-likeness (QED) is 0.664. The van der Waals surface area contributed by atoms with Gasteiger partial charge >= 0.3 is 0 Å². The number of hydrogen-bond acceptors (Lipinski definition) is 3. The summed E-state index contributed by atoms with van der Waals surface area (Å²) in [6.07, 6.45) is 5.30. The molecule has 3 heteroatoms. The zero-order valence-corrected chi connectivity index (χ0v) is 8.25. The van der Waals surface area contributed by atoms with Gasteiger partial charge in [-0.05, 0) is 38.0 Å². The minimum absolute atomic E-state index is 0.0216. The highest BCUT2D eigenvalue weighted by atomic mass is 16.5. The van der Waals surface area contributed by atoms with Crippen LogP contribution in [-0.2, 0) is 4.74 Å². The summed E-state index contributed by atoms with van der Waals surface area (Å²) in [7, 11) is 1.77. The van der Waals surface area contributed by atoms with E-state index in [1.807, 2.05) is 0 Å². The summed E-state index contributed by atoms with van der Waals surface area (Å²) < 4.78 is 5.57. The Hall–Kier alpha value is -0.120. The highest BCUT2D eigenvalue weighted by Crippen LogP contribution is 2.49. The summed E-state index contributed by atoms with van der Waals surface area (Å²) in [4.78, 5) is 0. The van der Waals surface area contributed by atoms with Crippen LogP contribution in [0, 0.1) is 5.92 Å². The van der Waals surface area contributed by atoms with Crippen LogP contribution in [-0.4, -0.2) is 30.0 Å². The largest absolute Gasteiger partial charge is 0.394 e. The van der Waals surface area contributed by atoms with Gasteiger partial charge in [0.1, 0.15) is 0 Å². The molecule has 0 aliphatic heterocycles. The molecule has 3 aliphatic rings. The smallest absolute Gasteiger partial charge is 0.0697 e. The zero-order valence-electron chi connectivity index (χ0n) is 8.25. The van der Waals surface area contributed by atoms with Crippen molar-refractivity contribution in [1.82, 2.24) is 0 Å². The maximum atomic E-state index is 9.30. The molecule has 0 aromatic carbocycles. The summed E-state index contributed by atoms with van der Waals surface area (Å²) in [6, 6.07) is 0. The molecule has 0 aromatic heterocycles. The topological polar surface area (TPSA) is 55.5 Å². The van der Waals surface area contributed by atoms with Crippen molar-refractivity contribution in [2.24, 2.45) is 11.7 Å². The van der Waals surface area contributed by atoms with E-state index in [0.717, 1.165) is 32.1 Å². The lowest BCUT2D eigenvalue weighted by Crippen LogP contribution is -2.63. The van der Waals surface area contributed by atoms with Crippen LogP contribution in [0.25, 0.3) is 0 Å². The Balaban J connectivity index is 2.20. The van der Waals surface area contributed by atoms with Crippen molar-refractivity contribution >= 4 is 0 Å². The number of aliphatic hydroxyl groups excluding tert-OH is 1. The Morgan fingerprint density at radius 2 is 2.08 bits per heavy atom. The molecule has 3 nitrogen and oxygen atoms in total. The lowest BCUT2D eigenvalue weighted by molar-refractivity contribution is -0.127. The standard InChI is InChI=1S/C10H19NO2/c1-13-9-4-2-8(3-5-9)10(11,6-9)7-12/h8,12H,2-7,11H2,1H3. The van der Waals surface area contributed by atoms with Gasteiger partial charge in [0.15, 0.2) is 0 Å². The van der Waals surface area contributed by atoms with Crippen LogP contribution in [0.3, 0.4) is 0 Å². The number of methoxy groups -OCH3 is 1. The van der Waals surface area contributed by atoms with E-state index in [4.69, 9.17) is 10.5 Å². The van der Waals surface area contributed by atoms with Crippen molar-refractivity contribution in [2.45, 2.75) is 43.2 Å². The summed E-state index contributed by atoms with van der Waals surface area (Å²) in [6.45, 7) is 0.1000. The highest BCUT2D eigenvalue weighted by molar-refractivity contribution is 5.08. The van der Waals surface area contributed by atoms with Gasteiger partial charge in [-0.15, -0.1) is 0 Å². The fraction of sp³-hybridized carbons (Fsp3) is 1.00. The maximum Gasteiger partial charge on any atom is 0.0697 e. The molecule has 3 fully saturated rings. The molecule has 76 valence electrons. The molecule has 13 heavy (non-hydrogen) atoms. The predicted octanol–water partition coefficient (Wildman–Crippen LogP) is 0.655. The van der Waals surface area contributed by atoms with Gasteiger partial charge in [0, 0.05) is 12.6 Å². The van der Waals surface area contributed by atoms with Crippen LogP contribution in [0.1, 0.15) is 32.1 Å². The van der Waals surface area contributed by atoms with Crippen molar-refractivity contribution in [3.05, 3.63) is 0 Å². The van der Waals surface area contributed by atoms with Gasteiger partial charge in [-0.3, -0.25) is 0 Å². The van der Waals surface area contributed by atoms with E-state index < -0.39 is 0 Å². The van der Waals surface area contributed by atoms with Crippen molar-refractivity contribution in [3.63, 3.8) is 0 Å². The fourth-order valence-electron chi connectivity index (χ4n) is 3.10. The molecular weight excluding hydrogens is 166 g/mol. The van der Waals surface area contributed by atoms with Gasteiger partial charge in [0.25, 0.3) is 0 Å². The molecule has 0 amide bonds. The summed E-state index contributed by atoms with van der Waals surface area (Å²) >= 11 is 0. The molecule has 0 heterocycles. The van der Waals surface area contributed by atoms with Gasteiger partial charge in [-0.2, -0.15) is 0 Å². The van der Waals surface area contributed by atoms with Crippen molar-refractivity contribution < 1.29 is 9.84 Å². The third-order valence-corrected chi connectivity index (χ3v) is 4.09. The van der Waals surface area contributed by atoms with Gasteiger partial charge in [0.2, 0.25) is 0 Å². The average molecular weight is 185 g/mol. The van der Waals surface area contributed by atoms with Crippen molar-refractivity contribution in [3.8, 4) is 0 Å². The summed E-state index contributed by atoms with van der Waals surface area (Å²) in [5.41, 5.74) is 5.78. The van der Waals surface area contributed by atoms with E-state index >= 15 is 0 Å². The Bertz CT molecular complexity index is 195. The predicted molar refractivity (Wildman–Crippen MR) is 50.3 cm³/mol. The maximum absolute atomic E-state index is 9.30. The van der Waals surface area contributed by atoms with Crippen LogP contribution < -0.4 is 5.73 Å². The van der Waals surface area contributed by atoms with E-state index in [9.17, 15) is 5.11 Å². The Morgan fingerprint density at radius 1 is 1.46 bits per heavy atom. The summed E-state index contributed by atoms with van der Waals surface area (Å²) in [5, 5.41) is 9.30. The Labute approximate surface area is 79.3 Å². The van der Waals surface area contributed by atoms with Gasteiger partial charge in [0.05, 0.1) is 12.2 Å². The first-order valence-corrected chi connectivity index (χ1v) is 5.09. The molecule has 3 saturated carbocycles. The molecule has 3 aliphatic carbocycles. The minimum Gasteiger partial charge on any atom is -0.394 e. The van der Waals surface area contributed by atoms with Crippen molar-refractivity contribution in [2.75, 3.05) is 13.7 Å². The van der Waals surface area contributed by atoms with Crippen LogP contribution in [0.5, 0.6) is 0 Å². The molecule has 0 spiro atoms. The number of hydrogen-bond donors (Lipinski definition) is 2. The molecule has 3 N–H and O–H groups in total. The Morgan fingerprint density at radius 3 is 2.54 bits per heavy atom. The lowest BCUT2D eigenvalue weighted by Gasteiger charge is -2.54. The third-order valence-electron chi connectivity index (χ3n) is 4.09. The van der Waals surface area contributed by atoms with Gasteiger partial charge in [-0.1, -0.05) is 0 Å². The van der Waals surface area contributed by atoms with E-state index in [1.165, 1.54) is 0 Å². The second-order valence-corrected chi connectivity index (χ2v) is 4.73. The third kappa shape index (κ3) is 1.30. The highest BCUT2D eigenvalue weighted by Gasteiger charge is 2.52. The molecule has 2 bridgehead atoms. The second-order valence-electron chi connectivity index (χ2n) is 4.73. The molecular formula is C10H19NO2. The number of rotatable bonds is 2. The molecule has 1 atom stereocenters. The fourth-order valence-corrected chi connectivity index (χ4v) is 3.10.